The molecule has 1 aliphatic rings. The number of thiophene rings is 1. The van der Waals surface area contributed by atoms with Crippen LogP contribution in [0.15, 0.2) is 35.7 Å². The summed E-state index contributed by atoms with van der Waals surface area (Å²) in [6.07, 6.45) is 0. The molecule has 3 N–H and O–H groups in total. The van der Waals surface area contributed by atoms with Crippen molar-refractivity contribution in [1.29, 1.82) is 0 Å². The Kier molecular flexibility index (Phi) is 6.67. The average Bonchev–Trinajstić information content (AvgIpc) is 3.14. The van der Waals surface area contributed by atoms with Crippen LogP contribution < -0.4 is 15.5 Å². The highest BCUT2D eigenvalue weighted by molar-refractivity contribution is 7.80. The second-order valence-electron chi connectivity index (χ2n) is 6.09. The van der Waals surface area contributed by atoms with Crippen LogP contribution in [0.25, 0.3) is 0 Å². The first-order chi connectivity index (χ1) is 12.1. The van der Waals surface area contributed by atoms with Crippen LogP contribution in [0.1, 0.15) is 16.5 Å². The van der Waals surface area contributed by atoms with Gasteiger partial charge in [0.2, 0.25) is 0 Å². The van der Waals surface area contributed by atoms with E-state index in [0.717, 1.165) is 49.1 Å². The zero-order valence-electron chi connectivity index (χ0n) is 14.2. The van der Waals surface area contributed by atoms with Crippen LogP contribution in [0.3, 0.4) is 0 Å². The summed E-state index contributed by atoms with van der Waals surface area (Å²) in [6, 6.07) is 10.5. The van der Waals surface area contributed by atoms with Crippen LogP contribution in [0.4, 0.5) is 5.69 Å². The summed E-state index contributed by atoms with van der Waals surface area (Å²) in [5.74, 6) is 0. The van der Waals surface area contributed by atoms with Crippen LogP contribution in [-0.4, -0.2) is 38.0 Å². The molecule has 1 aromatic heterocycles. The molecular formula is C18H23ClN3OS2+. The molecule has 2 aromatic rings. The van der Waals surface area contributed by atoms with E-state index in [0.29, 0.717) is 11.2 Å². The third-order valence-corrected chi connectivity index (χ3v) is 6.14. The van der Waals surface area contributed by atoms with Gasteiger partial charge in [-0.2, -0.15) is 0 Å². The van der Waals surface area contributed by atoms with Crippen molar-refractivity contribution in [3.8, 4) is 0 Å². The standard InChI is InChI=1S/C18H22ClN3OS2/c1-13-14(19)4-2-5-15(13)21-18(24)20-12-16(17-6-3-11-25-17)22-7-9-23-10-8-22/h2-6,11,16H,7-10,12H2,1H3,(H2,20,21,24)/p+1/t16-/m0/s1. The minimum absolute atomic E-state index is 0.379. The van der Waals surface area contributed by atoms with Gasteiger partial charge >= 0.3 is 0 Å². The van der Waals surface area contributed by atoms with Crippen molar-refractivity contribution in [2.45, 2.75) is 13.0 Å². The molecule has 1 aliphatic heterocycles. The maximum atomic E-state index is 6.18. The lowest BCUT2D eigenvalue weighted by Gasteiger charge is -2.31. The van der Waals surface area contributed by atoms with Gasteiger partial charge in [-0.3, -0.25) is 0 Å². The van der Waals surface area contributed by atoms with Gasteiger partial charge in [-0.05, 0) is 48.3 Å². The van der Waals surface area contributed by atoms with Crippen molar-refractivity contribution in [3.05, 3.63) is 51.2 Å². The van der Waals surface area contributed by atoms with Gasteiger partial charge in [0.1, 0.15) is 19.1 Å². The zero-order chi connectivity index (χ0) is 17.6. The summed E-state index contributed by atoms with van der Waals surface area (Å²) < 4.78 is 5.51. The zero-order valence-corrected chi connectivity index (χ0v) is 16.6. The number of anilines is 1. The minimum atomic E-state index is 0.379. The number of quaternary nitrogens is 1. The smallest absolute Gasteiger partial charge is 0.171 e. The number of nitrogens with one attached hydrogen (secondary N) is 3. The van der Waals surface area contributed by atoms with Gasteiger partial charge in [-0.15, -0.1) is 11.3 Å². The topological polar surface area (TPSA) is 37.7 Å². The highest BCUT2D eigenvalue weighted by atomic mass is 35.5. The SMILES string of the molecule is Cc1c(Cl)cccc1NC(=S)NC[C@@H](c1cccs1)[NH+]1CCOCC1. The molecule has 0 bridgehead atoms. The van der Waals surface area contributed by atoms with Gasteiger partial charge in [0.15, 0.2) is 5.11 Å². The van der Waals surface area contributed by atoms with E-state index in [4.69, 9.17) is 28.6 Å². The number of hydrogen-bond donors (Lipinski definition) is 3. The predicted octanol–water partition coefficient (Wildman–Crippen LogP) is 2.65. The van der Waals surface area contributed by atoms with E-state index >= 15 is 0 Å². The van der Waals surface area contributed by atoms with E-state index < -0.39 is 0 Å². The highest BCUT2D eigenvalue weighted by Gasteiger charge is 2.27. The summed E-state index contributed by atoms with van der Waals surface area (Å²) in [5.41, 5.74) is 1.94. The molecule has 1 aromatic carbocycles. The summed E-state index contributed by atoms with van der Waals surface area (Å²) in [7, 11) is 0. The van der Waals surface area contributed by atoms with Gasteiger partial charge in [0.05, 0.1) is 24.6 Å². The molecule has 0 spiro atoms. The van der Waals surface area contributed by atoms with Gasteiger partial charge in [-0.1, -0.05) is 23.7 Å². The molecular weight excluding hydrogens is 374 g/mol. The van der Waals surface area contributed by atoms with Crippen molar-refractivity contribution >= 4 is 46.0 Å². The van der Waals surface area contributed by atoms with E-state index in [2.05, 4.69) is 28.1 Å². The first-order valence-corrected chi connectivity index (χ1v) is 10.1. The first kappa shape index (κ1) is 18.6. The van der Waals surface area contributed by atoms with Crippen LogP contribution in [0, 0.1) is 6.92 Å². The summed E-state index contributed by atoms with van der Waals surface area (Å²) in [4.78, 5) is 2.93. The quantitative estimate of drug-likeness (QED) is 0.679. The van der Waals surface area contributed by atoms with Crippen LogP contribution in [-0.2, 0) is 4.74 Å². The maximum Gasteiger partial charge on any atom is 0.171 e. The Morgan fingerprint density at radius 1 is 1.32 bits per heavy atom. The molecule has 0 saturated carbocycles. The number of rotatable bonds is 5. The lowest BCUT2D eigenvalue weighted by molar-refractivity contribution is -0.937. The molecule has 7 heteroatoms. The summed E-state index contributed by atoms with van der Waals surface area (Å²) in [6.45, 7) is 6.47. The Labute approximate surface area is 163 Å². The fourth-order valence-electron chi connectivity index (χ4n) is 3.02. The number of benzene rings is 1. The highest BCUT2D eigenvalue weighted by Crippen LogP contribution is 2.23. The van der Waals surface area contributed by atoms with E-state index in [1.165, 1.54) is 4.88 Å². The lowest BCUT2D eigenvalue weighted by atomic mass is 10.2. The average molecular weight is 397 g/mol. The number of morpholine rings is 1. The van der Waals surface area contributed by atoms with E-state index in [1.807, 2.05) is 25.1 Å². The minimum Gasteiger partial charge on any atom is -0.370 e. The van der Waals surface area contributed by atoms with Crippen molar-refractivity contribution < 1.29 is 9.64 Å². The van der Waals surface area contributed by atoms with Crippen LogP contribution in [0.5, 0.6) is 0 Å². The lowest BCUT2D eigenvalue weighted by Crippen LogP contribution is -3.15. The van der Waals surface area contributed by atoms with E-state index in [1.54, 1.807) is 16.2 Å². The molecule has 0 aliphatic carbocycles. The molecule has 25 heavy (non-hydrogen) atoms. The molecule has 4 nitrogen and oxygen atoms in total. The number of halogens is 1. The first-order valence-electron chi connectivity index (χ1n) is 8.41. The number of ether oxygens (including phenoxy) is 1. The molecule has 0 radical (unpaired) electrons. The van der Waals surface area contributed by atoms with Crippen molar-refractivity contribution in [2.75, 3.05) is 38.2 Å². The predicted molar refractivity (Wildman–Crippen MR) is 109 cm³/mol. The largest absolute Gasteiger partial charge is 0.370 e. The molecule has 134 valence electrons. The maximum absolute atomic E-state index is 6.18. The van der Waals surface area contributed by atoms with Gasteiger partial charge in [0.25, 0.3) is 0 Å². The Morgan fingerprint density at radius 2 is 2.12 bits per heavy atom. The van der Waals surface area contributed by atoms with Crippen LogP contribution in [0.2, 0.25) is 5.02 Å². The Hall–Kier alpha value is -1.18. The van der Waals surface area contributed by atoms with E-state index in [9.17, 15) is 0 Å². The third kappa shape index (κ3) is 4.92. The second-order valence-corrected chi connectivity index (χ2v) is 7.88. The summed E-state index contributed by atoms with van der Waals surface area (Å²) in [5, 5.41) is 10.1. The van der Waals surface area contributed by atoms with Crippen molar-refractivity contribution in [3.63, 3.8) is 0 Å². The van der Waals surface area contributed by atoms with Crippen LogP contribution >= 0.6 is 35.2 Å². The Morgan fingerprint density at radius 3 is 2.84 bits per heavy atom. The molecule has 3 rings (SSSR count). The van der Waals surface area contributed by atoms with Gasteiger partial charge in [-0.25, -0.2) is 0 Å². The Bertz CT molecular complexity index is 702. The van der Waals surface area contributed by atoms with Gasteiger partial charge in [0, 0.05) is 10.7 Å². The normalized spacial score (nSPS) is 16.4. The van der Waals surface area contributed by atoms with Crippen molar-refractivity contribution in [2.24, 2.45) is 0 Å². The van der Waals surface area contributed by atoms with Crippen molar-refractivity contribution in [1.82, 2.24) is 5.32 Å². The number of thiocarbonyl (C=S) groups is 1. The second kappa shape index (κ2) is 8.96. The van der Waals surface area contributed by atoms with E-state index in [-0.39, 0.29) is 0 Å². The monoisotopic (exact) mass is 396 g/mol. The Balaban J connectivity index is 1.62. The molecule has 0 unspecified atom stereocenters. The third-order valence-electron chi connectivity index (χ3n) is 4.50. The fraction of sp³-hybridized carbons (Fsp3) is 0.389. The number of hydrogen-bond acceptors (Lipinski definition) is 3. The molecule has 1 fully saturated rings. The van der Waals surface area contributed by atoms with Gasteiger partial charge < -0.3 is 20.3 Å². The summed E-state index contributed by atoms with van der Waals surface area (Å²) >= 11 is 13.5. The molecule has 1 saturated heterocycles. The molecule has 2 heterocycles. The molecule has 1 atom stereocenters. The fourth-order valence-corrected chi connectivity index (χ4v) is 4.28. The molecule has 0 amide bonds.